The molecule has 25 heavy (non-hydrogen) atoms. The van der Waals surface area contributed by atoms with Crippen molar-refractivity contribution in [2.24, 2.45) is 12.0 Å². The van der Waals surface area contributed by atoms with E-state index in [1.807, 2.05) is 11.6 Å². The summed E-state index contributed by atoms with van der Waals surface area (Å²) in [4.78, 5) is 6.76. The van der Waals surface area contributed by atoms with Crippen LogP contribution in [0.1, 0.15) is 37.2 Å². The van der Waals surface area contributed by atoms with Gasteiger partial charge in [-0.15, -0.1) is 10.2 Å². The molecule has 7 heteroatoms. The predicted octanol–water partition coefficient (Wildman–Crippen LogP) is 1.84. The van der Waals surface area contributed by atoms with Crippen molar-refractivity contribution < 1.29 is 0 Å². The number of hydrogen-bond acceptors (Lipinski definition) is 4. The molecule has 7 nitrogen and oxygen atoms in total. The lowest BCUT2D eigenvalue weighted by molar-refractivity contribution is 0.669. The van der Waals surface area contributed by atoms with Crippen LogP contribution in [-0.2, 0) is 13.6 Å². The second-order valence-corrected chi connectivity index (χ2v) is 6.44. The summed E-state index contributed by atoms with van der Waals surface area (Å²) in [6.45, 7) is 5.05. The smallest absolute Gasteiger partial charge is 0.191 e. The van der Waals surface area contributed by atoms with Crippen molar-refractivity contribution in [3.8, 4) is 0 Å². The number of rotatable bonds is 5. The molecule has 134 valence electrons. The topological polar surface area (TPSA) is 70.4 Å². The summed E-state index contributed by atoms with van der Waals surface area (Å²) in [6, 6.07) is 8.93. The number of nitrogens with one attached hydrogen (secondary N) is 2. The molecule has 0 saturated carbocycles. The van der Waals surface area contributed by atoms with Gasteiger partial charge in [0.15, 0.2) is 11.8 Å². The molecule has 0 amide bonds. The van der Waals surface area contributed by atoms with Gasteiger partial charge in [-0.3, -0.25) is 4.99 Å². The van der Waals surface area contributed by atoms with Crippen LogP contribution in [0.5, 0.6) is 0 Å². The van der Waals surface area contributed by atoms with E-state index in [2.05, 4.69) is 61.9 Å². The maximum absolute atomic E-state index is 4.31. The maximum atomic E-state index is 4.31. The molecule has 1 saturated heterocycles. The molecule has 2 aromatic rings. The molecule has 1 aliphatic rings. The molecule has 2 N–H and O–H groups in total. The lowest BCUT2D eigenvalue weighted by atomic mass is 10.1. The Bertz CT molecular complexity index is 716. The van der Waals surface area contributed by atoms with Crippen LogP contribution in [0.4, 0.5) is 5.69 Å². The van der Waals surface area contributed by atoms with Crippen LogP contribution < -0.4 is 15.5 Å². The Kier molecular flexibility index (Phi) is 5.53. The van der Waals surface area contributed by atoms with Crippen LogP contribution in [0, 0.1) is 0 Å². The molecule has 1 aromatic heterocycles. The minimum Gasteiger partial charge on any atom is -0.372 e. The molecule has 3 rings (SSSR count). The van der Waals surface area contributed by atoms with Crippen molar-refractivity contribution in [1.29, 1.82) is 0 Å². The largest absolute Gasteiger partial charge is 0.372 e. The van der Waals surface area contributed by atoms with E-state index in [0.29, 0.717) is 6.54 Å². The van der Waals surface area contributed by atoms with Crippen LogP contribution in [0.3, 0.4) is 0 Å². The summed E-state index contributed by atoms with van der Waals surface area (Å²) < 4.78 is 1.89. The van der Waals surface area contributed by atoms with Gasteiger partial charge in [0.25, 0.3) is 0 Å². The number of nitrogens with zero attached hydrogens (tertiary/aromatic N) is 5. The molecule has 1 unspecified atom stereocenters. The Morgan fingerprint density at radius 2 is 2.12 bits per heavy atom. The Labute approximate surface area is 149 Å². The average molecular weight is 341 g/mol. The minimum atomic E-state index is 0.160. The molecule has 1 aromatic carbocycles. The summed E-state index contributed by atoms with van der Waals surface area (Å²) >= 11 is 0. The van der Waals surface area contributed by atoms with Gasteiger partial charge in [0, 0.05) is 32.9 Å². The van der Waals surface area contributed by atoms with E-state index < -0.39 is 0 Å². The highest BCUT2D eigenvalue weighted by Crippen LogP contribution is 2.23. The fraction of sp³-hybridized carbons (Fsp3) is 0.500. The lowest BCUT2D eigenvalue weighted by Crippen LogP contribution is -2.38. The summed E-state index contributed by atoms with van der Waals surface area (Å²) in [5, 5.41) is 14.7. The van der Waals surface area contributed by atoms with Gasteiger partial charge in [0.1, 0.15) is 6.33 Å². The number of anilines is 1. The first-order valence-electron chi connectivity index (χ1n) is 8.82. The van der Waals surface area contributed by atoms with Crippen molar-refractivity contribution in [3.05, 3.63) is 42.0 Å². The summed E-state index contributed by atoms with van der Waals surface area (Å²) in [7, 11) is 3.71. The Balaban J connectivity index is 1.61. The Hall–Kier alpha value is -2.57. The van der Waals surface area contributed by atoms with E-state index in [0.717, 1.165) is 24.9 Å². The van der Waals surface area contributed by atoms with Crippen molar-refractivity contribution >= 4 is 11.6 Å². The molecular weight excluding hydrogens is 314 g/mol. The quantitative estimate of drug-likeness (QED) is 0.641. The van der Waals surface area contributed by atoms with Gasteiger partial charge in [-0.2, -0.15) is 0 Å². The third-order valence-corrected chi connectivity index (χ3v) is 4.64. The zero-order valence-electron chi connectivity index (χ0n) is 15.2. The molecule has 0 bridgehead atoms. The third kappa shape index (κ3) is 4.29. The summed E-state index contributed by atoms with van der Waals surface area (Å²) in [5.74, 6) is 1.62. The molecule has 0 spiro atoms. The zero-order valence-corrected chi connectivity index (χ0v) is 15.2. The van der Waals surface area contributed by atoms with Gasteiger partial charge in [-0.05, 0) is 37.5 Å². The van der Waals surface area contributed by atoms with Crippen LogP contribution >= 0.6 is 0 Å². The van der Waals surface area contributed by atoms with Gasteiger partial charge >= 0.3 is 0 Å². The molecule has 1 atom stereocenters. The second-order valence-electron chi connectivity index (χ2n) is 6.44. The number of hydrogen-bond donors (Lipinski definition) is 2. The van der Waals surface area contributed by atoms with Crippen molar-refractivity contribution in [2.75, 3.05) is 25.0 Å². The first kappa shape index (κ1) is 17.3. The van der Waals surface area contributed by atoms with E-state index in [4.69, 9.17) is 0 Å². The summed E-state index contributed by atoms with van der Waals surface area (Å²) in [5.41, 5.74) is 2.57. The van der Waals surface area contributed by atoms with Crippen LogP contribution in [0.2, 0.25) is 0 Å². The predicted molar refractivity (Wildman–Crippen MR) is 101 cm³/mol. The highest BCUT2D eigenvalue weighted by atomic mass is 15.3. The van der Waals surface area contributed by atoms with E-state index in [1.54, 1.807) is 13.4 Å². The number of aliphatic imine (C=N–C) groups is 1. The zero-order chi connectivity index (χ0) is 17.6. The van der Waals surface area contributed by atoms with Crippen LogP contribution in [0.15, 0.2) is 35.6 Å². The van der Waals surface area contributed by atoms with Gasteiger partial charge < -0.3 is 20.1 Å². The van der Waals surface area contributed by atoms with Gasteiger partial charge in [0.05, 0.1) is 12.6 Å². The molecule has 0 aliphatic carbocycles. The van der Waals surface area contributed by atoms with E-state index >= 15 is 0 Å². The van der Waals surface area contributed by atoms with E-state index in [-0.39, 0.29) is 6.04 Å². The van der Waals surface area contributed by atoms with Gasteiger partial charge in [-0.1, -0.05) is 12.1 Å². The average Bonchev–Trinajstić information content (AvgIpc) is 3.30. The SMILES string of the molecule is CN=C(NCc1nncn1C)NC(C)c1cccc(N2CCCC2)c1. The number of aryl methyl sites for hydroxylation is 1. The minimum absolute atomic E-state index is 0.160. The van der Waals surface area contributed by atoms with E-state index in [1.165, 1.54) is 24.1 Å². The standard InChI is InChI=1S/C18H27N7/c1-14(15-7-6-8-16(11-15)25-9-4-5-10-25)22-18(19-2)20-12-17-23-21-13-24(17)3/h6-8,11,13-14H,4-5,9-10,12H2,1-3H3,(H2,19,20,22). The fourth-order valence-electron chi connectivity index (χ4n) is 3.08. The molecule has 1 aliphatic heterocycles. The summed E-state index contributed by atoms with van der Waals surface area (Å²) in [6.07, 6.45) is 4.27. The Morgan fingerprint density at radius 1 is 1.32 bits per heavy atom. The first-order chi connectivity index (χ1) is 12.2. The second kappa shape index (κ2) is 8.00. The van der Waals surface area contributed by atoms with Crippen LogP contribution in [-0.4, -0.2) is 40.9 Å². The monoisotopic (exact) mass is 341 g/mol. The van der Waals surface area contributed by atoms with Crippen molar-refractivity contribution in [3.63, 3.8) is 0 Å². The van der Waals surface area contributed by atoms with Gasteiger partial charge in [-0.25, -0.2) is 0 Å². The Morgan fingerprint density at radius 3 is 2.80 bits per heavy atom. The van der Waals surface area contributed by atoms with Crippen molar-refractivity contribution in [2.45, 2.75) is 32.4 Å². The number of benzene rings is 1. The molecule has 0 radical (unpaired) electrons. The fourth-order valence-corrected chi connectivity index (χ4v) is 3.08. The molecule has 1 fully saturated rings. The van der Waals surface area contributed by atoms with E-state index in [9.17, 15) is 0 Å². The molecule has 2 heterocycles. The highest BCUT2D eigenvalue weighted by molar-refractivity contribution is 5.80. The first-order valence-corrected chi connectivity index (χ1v) is 8.82. The highest BCUT2D eigenvalue weighted by Gasteiger charge is 2.14. The molecular formula is C18H27N7. The maximum Gasteiger partial charge on any atom is 0.191 e. The normalized spacial score (nSPS) is 16.1. The van der Waals surface area contributed by atoms with Gasteiger partial charge in [0.2, 0.25) is 0 Å². The number of guanidine groups is 1. The number of aromatic nitrogens is 3. The lowest BCUT2D eigenvalue weighted by Gasteiger charge is -2.22. The van der Waals surface area contributed by atoms with Crippen molar-refractivity contribution in [1.82, 2.24) is 25.4 Å². The van der Waals surface area contributed by atoms with Crippen LogP contribution in [0.25, 0.3) is 0 Å². The third-order valence-electron chi connectivity index (χ3n) is 4.64.